The van der Waals surface area contributed by atoms with Crippen LogP contribution in [0.4, 0.5) is 0 Å². The van der Waals surface area contributed by atoms with E-state index < -0.39 is 11.5 Å². The van der Waals surface area contributed by atoms with Crippen LogP contribution in [0, 0.1) is 0 Å². The molecule has 2 rings (SSSR count). The van der Waals surface area contributed by atoms with Crippen molar-refractivity contribution < 1.29 is 19.1 Å². The monoisotopic (exact) mass is 290 g/mol. The minimum Gasteiger partial charge on any atom is -0.474 e. The number of carbonyl (C=O) groups excluding carboxylic acids is 2. The second kappa shape index (κ2) is 6.39. The quantitative estimate of drug-likeness (QED) is 0.817. The molecule has 0 bridgehead atoms. The predicted molar refractivity (Wildman–Crippen MR) is 77.0 cm³/mol. The van der Waals surface area contributed by atoms with Gasteiger partial charge in [-0.1, -0.05) is 18.2 Å². The molecule has 6 heteroatoms. The van der Waals surface area contributed by atoms with E-state index in [1.165, 1.54) is 0 Å². The van der Waals surface area contributed by atoms with E-state index in [1.54, 1.807) is 13.8 Å². The highest BCUT2D eigenvalue weighted by Gasteiger charge is 2.39. The van der Waals surface area contributed by atoms with Crippen LogP contribution in [-0.4, -0.2) is 43.1 Å². The lowest BCUT2D eigenvalue weighted by atomic mass is 10.0. The molecule has 0 saturated heterocycles. The third kappa shape index (κ3) is 3.59. The van der Waals surface area contributed by atoms with E-state index in [-0.39, 0.29) is 25.7 Å². The molecule has 1 aliphatic heterocycles. The minimum atomic E-state index is -1.03. The summed E-state index contributed by atoms with van der Waals surface area (Å²) >= 11 is 0. The Morgan fingerprint density at radius 3 is 2.76 bits per heavy atom. The van der Waals surface area contributed by atoms with Crippen LogP contribution in [0.1, 0.15) is 19.4 Å². The van der Waals surface area contributed by atoms with Crippen molar-refractivity contribution in [2.75, 3.05) is 19.8 Å². The van der Waals surface area contributed by atoms with Crippen LogP contribution in [0.2, 0.25) is 0 Å². The molecule has 1 atom stereocenters. The number of ether oxygens (including phenoxy) is 2. The fraction of sp³-hybridized carbons (Fsp3) is 0.400. The molecule has 1 unspecified atom stereocenters. The third-order valence-corrected chi connectivity index (χ3v) is 3.05. The molecule has 0 aliphatic carbocycles. The van der Waals surface area contributed by atoms with Crippen molar-refractivity contribution in [3.8, 4) is 0 Å². The Balaban J connectivity index is 2.01. The van der Waals surface area contributed by atoms with Crippen molar-refractivity contribution in [1.29, 1.82) is 0 Å². The number of nitrogens with one attached hydrogen (secondary N) is 1. The highest BCUT2D eigenvalue weighted by atomic mass is 16.5. The van der Waals surface area contributed by atoms with E-state index in [0.29, 0.717) is 5.90 Å². The molecule has 0 spiro atoms. The number of nitrogens with zero attached hydrogens (tertiary/aromatic N) is 1. The van der Waals surface area contributed by atoms with Crippen LogP contribution < -0.4 is 5.32 Å². The highest BCUT2D eigenvalue weighted by molar-refractivity contribution is 6.00. The van der Waals surface area contributed by atoms with E-state index in [4.69, 9.17) is 9.47 Å². The van der Waals surface area contributed by atoms with E-state index in [1.807, 2.05) is 30.3 Å². The number of esters is 1. The molecule has 1 amide bonds. The first kappa shape index (κ1) is 15.0. The van der Waals surface area contributed by atoms with Crippen molar-refractivity contribution in [2.24, 2.45) is 4.99 Å². The van der Waals surface area contributed by atoms with Crippen LogP contribution >= 0.6 is 0 Å². The van der Waals surface area contributed by atoms with Gasteiger partial charge in [0.05, 0.1) is 6.61 Å². The number of hydrogen-bond donors (Lipinski definition) is 1. The van der Waals surface area contributed by atoms with Crippen molar-refractivity contribution in [3.05, 3.63) is 35.9 Å². The number of hydrogen-bond acceptors (Lipinski definition) is 5. The fourth-order valence-electron chi connectivity index (χ4n) is 1.90. The van der Waals surface area contributed by atoms with Crippen LogP contribution in [0.15, 0.2) is 35.3 Å². The van der Waals surface area contributed by atoms with Gasteiger partial charge in [-0.2, -0.15) is 0 Å². The Labute approximate surface area is 123 Å². The Kier molecular flexibility index (Phi) is 4.57. The van der Waals surface area contributed by atoms with Gasteiger partial charge in [-0.3, -0.25) is 9.59 Å². The van der Waals surface area contributed by atoms with E-state index in [0.717, 1.165) is 5.56 Å². The molecule has 1 aromatic carbocycles. The largest absolute Gasteiger partial charge is 0.474 e. The van der Waals surface area contributed by atoms with Crippen molar-refractivity contribution in [3.63, 3.8) is 0 Å². The number of carbonyl (C=O) groups is 2. The molecule has 1 N–H and O–H groups in total. The summed E-state index contributed by atoms with van der Waals surface area (Å²) in [4.78, 5) is 27.7. The summed E-state index contributed by atoms with van der Waals surface area (Å²) in [5.74, 6) is -0.397. The summed E-state index contributed by atoms with van der Waals surface area (Å²) in [6, 6.07) is 9.36. The predicted octanol–water partition coefficient (Wildman–Crippen LogP) is 0.901. The lowest BCUT2D eigenvalue weighted by molar-refractivity contribution is -0.143. The van der Waals surface area contributed by atoms with Gasteiger partial charge in [0.15, 0.2) is 5.54 Å². The summed E-state index contributed by atoms with van der Waals surface area (Å²) < 4.78 is 10.3. The zero-order valence-corrected chi connectivity index (χ0v) is 12.1. The molecule has 112 valence electrons. The summed E-state index contributed by atoms with van der Waals surface area (Å²) in [6.45, 7) is 3.64. The molecule has 1 heterocycles. The Morgan fingerprint density at radius 2 is 2.10 bits per heavy atom. The van der Waals surface area contributed by atoms with Gasteiger partial charge >= 0.3 is 5.97 Å². The number of benzene rings is 1. The van der Waals surface area contributed by atoms with Crippen molar-refractivity contribution >= 4 is 17.8 Å². The van der Waals surface area contributed by atoms with Gasteiger partial charge in [-0.15, -0.1) is 0 Å². The van der Waals surface area contributed by atoms with Crippen LogP contribution in [0.5, 0.6) is 0 Å². The first-order valence-corrected chi connectivity index (χ1v) is 6.77. The summed E-state index contributed by atoms with van der Waals surface area (Å²) in [5, 5.41) is 2.52. The van der Waals surface area contributed by atoms with Crippen molar-refractivity contribution in [2.45, 2.75) is 19.4 Å². The minimum absolute atomic E-state index is 0.145. The van der Waals surface area contributed by atoms with E-state index in [2.05, 4.69) is 10.3 Å². The van der Waals surface area contributed by atoms with Gasteiger partial charge in [0.25, 0.3) is 5.91 Å². The molecule has 1 aromatic rings. The molecular weight excluding hydrogens is 272 g/mol. The smallest absolute Gasteiger partial charge is 0.325 e. The molecule has 1 aliphatic rings. The first-order chi connectivity index (χ1) is 10.0. The second-order valence-corrected chi connectivity index (χ2v) is 4.83. The Morgan fingerprint density at radius 1 is 1.38 bits per heavy atom. The average Bonchev–Trinajstić information content (AvgIpc) is 2.90. The third-order valence-electron chi connectivity index (χ3n) is 3.05. The molecule has 6 nitrogen and oxygen atoms in total. The van der Waals surface area contributed by atoms with Crippen molar-refractivity contribution in [1.82, 2.24) is 5.32 Å². The number of rotatable bonds is 5. The fourth-order valence-corrected chi connectivity index (χ4v) is 1.90. The maximum absolute atomic E-state index is 12.1. The lowest BCUT2D eigenvalue weighted by Gasteiger charge is -2.17. The molecule has 0 aromatic heterocycles. The molecule has 21 heavy (non-hydrogen) atoms. The van der Waals surface area contributed by atoms with Crippen LogP contribution in [0.25, 0.3) is 0 Å². The second-order valence-electron chi connectivity index (χ2n) is 4.83. The zero-order chi connectivity index (χ0) is 15.3. The molecule has 0 fully saturated rings. The van der Waals surface area contributed by atoms with Gasteiger partial charge in [0.1, 0.15) is 13.2 Å². The van der Waals surface area contributed by atoms with E-state index >= 15 is 0 Å². The lowest BCUT2D eigenvalue weighted by Crippen LogP contribution is -2.46. The van der Waals surface area contributed by atoms with Gasteiger partial charge in [0.2, 0.25) is 5.90 Å². The highest BCUT2D eigenvalue weighted by Crippen LogP contribution is 2.21. The Bertz CT molecular complexity index is 556. The molecular formula is C15H18N2O4. The van der Waals surface area contributed by atoms with Crippen LogP contribution in [0.3, 0.4) is 0 Å². The summed E-state index contributed by atoms with van der Waals surface area (Å²) in [5.41, 5.74) is -0.211. The normalized spacial score (nSPS) is 20.4. The maximum Gasteiger partial charge on any atom is 0.325 e. The van der Waals surface area contributed by atoms with Gasteiger partial charge in [0, 0.05) is 5.56 Å². The molecule has 0 saturated carbocycles. The summed E-state index contributed by atoms with van der Waals surface area (Å²) in [7, 11) is 0. The maximum atomic E-state index is 12.1. The van der Waals surface area contributed by atoms with Crippen LogP contribution in [-0.2, 0) is 19.1 Å². The topological polar surface area (TPSA) is 77.0 Å². The van der Waals surface area contributed by atoms with Gasteiger partial charge < -0.3 is 14.8 Å². The zero-order valence-electron chi connectivity index (χ0n) is 12.1. The number of aliphatic imine (C=N–C) groups is 1. The molecule has 0 radical (unpaired) electrons. The standard InChI is InChI=1S/C15H18N2O4/c1-3-20-12(18)9-16-14(19)15(2)10-21-13(17-15)11-7-5-4-6-8-11/h4-8H,3,9-10H2,1-2H3,(H,16,19). The number of amides is 1. The van der Waals surface area contributed by atoms with E-state index in [9.17, 15) is 9.59 Å². The van der Waals surface area contributed by atoms with Gasteiger partial charge in [-0.05, 0) is 26.0 Å². The summed E-state index contributed by atoms with van der Waals surface area (Å²) in [6.07, 6.45) is 0. The first-order valence-electron chi connectivity index (χ1n) is 6.77. The SMILES string of the molecule is CCOC(=O)CNC(=O)C1(C)COC(c2ccccc2)=N1. The van der Waals surface area contributed by atoms with Gasteiger partial charge in [-0.25, -0.2) is 4.99 Å². The Hall–Kier alpha value is -2.37. The average molecular weight is 290 g/mol.